The molecule has 2 aromatic rings. The van der Waals surface area contributed by atoms with Crippen LogP contribution in [0.15, 0.2) is 27.4 Å². The van der Waals surface area contributed by atoms with Crippen LogP contribution in [0.3, 0.4) is 0 Å². The fourth-order valence-corrected chi connectivity index (χ4v) is 2.97. The van der Waals surface area contributed by atoms with Crippen molar-refractivity contribution in [2.24, 2.45) is 0 Å². The van der Waals surface area contributed by atoms with E-state index in [4.69, 9.17) is 4.42 Å². The standard InChI is InChI=1S/C14H20N2O4S/c1-5-15-12(14(2,3)21(4,18)19)9-6-7-10-11(8-9)20-13(17)16-10/h6-8,12,15H,5H2,1-4H3,(H,16,17). The Morgan fingerprint density at radius 3 is 2.62 bits per heavy atom. The molecule has 0 saturated carbocycles. The molecule has 0 saturated heterocycles. The third kappa shape index (κ3) is 2.89. The van der Waals surface area contributed by atoms with Gasteiger partial charge in [-0.1, -0.05) is 13.0 Å². The van der Waals surface area contributed by atoms with Crippen molar-refractivity contribution in [1.29, 1.82) is 0 Å². The average Bonchev–Trinajstić information content (AvgIpc) is 2.73. The fourth-order valence-electron chi connectivity index (χ4n) is 2.32. The zero-order valence-corrected chi connectivity index (χ0v) is 13.4. The molecular weight excluding hydrogens is 292 g/mol. The maximum Gasteiger partial charge on any atom is 0.417 e. The lowest BCUT2D eigenvalue weighted by atomic mass is 9.95. The van der Waals surface area contributed by atoms with Crippen molar-refractivity contribution < 1.29 is 12.8 Å². The first-order valence-corrected chi connectivity index (χ1v) is 8.61. The molecule has 0 spiro atoms. The Morgan fingerprint density at radius 2 is 2.05 bits per heavy atom. The van der Waals surface area contributed by atoms with E-state index in [1.807, 2.05) is 6.92 Å². The maximum atomic E-state index is 12.1. The number of fused-ring (bicyclic) bond motifs is 1. The molecule has 6 nitrogen and oxygen atoms in total. The number of aromatic amines is 1. The van der Waals surface area contributed by atoms with Crippen molar-refractivity contribution in [2.75, 3.05) is 12.8 Å². The van der Waals surface area contributed by atoms with E-state index in [2.05, 4.69) is 10.3 Å². The van der Waals surface area contributed by atoms with Crippen LogP contribution in [0.2, 0.25) is 0 Å². The predicted molar refractivity (Wildman–Crippen MR) is 82.2 cm³/mol. The van der Waals surface area contributed by atoms with Gasteiger partial charge >= 0.3 is 5.76 Å². The number of oxazole rings is 1. The molecule has 7 heteroatoms. The van der Waals surface area contributed by atoms with Crippen molar-refractivity contribution in [2.45, 2.75) is 31.6 Å². The minimum atomic E-state index is -3.28. The van der Waals surface area contributed by atoms with Crippen molar-refractivity contribution in [3.63, 3.8) is 0 Å². The third-order valence-electron chi connectivity index (χ3n) is 3.84. The van der Waals surface area contributed by atoms with Gasteiger partial charge in [0.1, 0.15) is 0 Å². The quantitative estimate of drug-likeness (QED) is 0.875. The van der Waals surface area contributed by atoms with E-state index in [1.165, 1.54) is 6.26 Å². The van der Waals surface area contributed by atoms with Gasteiger partial charge in [-0.3, -0.25) is 4.98 Å². The highest BCUT2D eigenvalue weighted by Crippen LogP contribution is 2.33. The molecule has 116 valence electrons. The number of rotatable bonds is 5. The zero-order valence-electron chi connectivity index (χ0n) is 12.6. The molecule has 0 fully saturated rings. The number of benzene rings is 1. The van der Waals surface area contributed by atoms with Crippen LogP contribution in [0.1, 0.15) is 32.4 Å². The first kappa shape index (κ1) is 15.8. The normalized spacial score (nSPS) is 14.5. The molecule has 0 radical (unpaired) electrons. The molecule has 0 bridgehead atoms. The van der Waals surface area contributed by atoms with Crippen LogP contribution in [-0.2, 0) is 9.84 Å². The van der Waals surface area contributed by atoms with Crippen LogP contribution >= 0.6 is 0 Å². The van der Waals surface area contributed by atoms with E-state index < -0.39 is 26.4 Å². The van der Waals surface area contributed by atoms with Gasteiger partial charge in [0.2, 0.25) is 0 Å². The van der Waals surface area contributed by atoms with Gasteiger partial charge in [-0.25, -0.2) is 13.2 Å². The summed E-state index contributed by atoms with van der Waals surface area (Å²) in [5, 5.41) is 3.21. The summed E-state index contributed by atoms with van der Waals surface area (Å²) >= 11 is 0. The summed E-state index contributed by atoms with van der Waals surface area (Å²) < 4.78 is 28.2. The van der Waals surface area contributed by atoms with Gasteiger partial charge < -0.3 is 9.73 Å². The highest BCUT2D eigenvalue weighted by molar-refractivity contribution is 7.92. The highest BCUT2D eigenvalue weighted by Gasteiger charge is 2.39. The summed E-state index contributed by atoms with van der Waals surface area (Å²) in [6.45, 7) is 5.92. The van der Waals surface area contributed by atoms with Gasteiger partial charge in [-0.05, 0) is 38.1 Å². The van der Waals surface area contributed by atoms with Gasteiger partial charge in [-0.2, -0.15) is 0 Å². The molecule has 1 aromatic heterocycles. The molecule has 2 rings (SSSR count). The van der Waals surface area contributed by atoms with Crippen LogP contribution in [0.5, 0.6) is 0 Å². The van der Waals surface area contributed by atoms with Gasteiger partial charge in [0, 0.05) is 6.26 Å². The first-order chi connectivity index (χ1) is 9.66. The number of aromatic nitrogens is 1. The van der Waals surface area contributed by atoms with Gasteiger partial charge in [0.05, 0.1) is 16.3 Å². The maximum absolute atomic E-state index is 12.1. The van der Waals surface area contributed by atoms with Gasteiger partial charge in [0.15, 0.2) is 15.4 Å². The van der Waals surface area contributed by atoms with Gasteiger partial charge in [-0.15, -0.1) is 0 Å². The van der Waals surface area contributed by atoms with Gasteiger partial charge in [0.25, 0.3) is 0 Å². The molecule has 1 aromatic carbocycles. The number of hydrogen-bond donors (Lipinski definition) is 2. The van der Waals surface area contributed by atoms with Crippen molar-refractivity contribution in [3.8, 4) is 0 Å². The summed E-state index contributed by atoms with van der Waals surface area (Å²) in [6, 6.07) is 4.82. The zero-order chi connectivity index (χ0) is 15.8. The number of nitrogens with one attached hydrogen (secondary N) is 2. The van der Waals surface area contributed by atoms with Crippen LogP contribution in [0, 0.1) is 0 Å². The third-order valence-corrected chi connectivity index (χ3v) is 5.98. The first-order valence-electron chi connectivity index (χ1n) is 6.72. The Hall–Kier alpha value is -1.60. The molecule has 0 aliphatic carbocycles. The summed E-state index contributed by atoms with van der Waals surface area (Å²) in [4.78, 5) is 13.8. The minimum absolute atomic E-state index is 0.401. The second-order valence-electron chi connectivity index (χ2n) is 5.64. The van der Waals surface area contributed by atoms with E-state index in [0.717, 1.165) is 5.56 Å². The smallest absolute Gasteiger partial charge is 0.408 e. The number of H-pyrrole nitrogens is 1. The number of sulfone groups is 1. The highest BCUT2D eigenvalue weighted by atomic mass is 32.2. The van der Waals surface area contributed by atoms with Crippen molar-refractivity contribution in [1.82, 2.24) is 10.3 Å². The SMILES string of the molecule is CCNC(c1ccc2[nH]c(=O)oc2c1)C(C)(C)S(C)(=O)=O. The van der Waals surface area contributed by atoms with E-state index in [0.29, 0.717) is 17.6 Å². The lowest BCUT2D eigenvalue weighted by molar-refractivity contribution is 0.428. The molecule has 1 heterocycles. The molecule has 0 aliphatic heterocycles. The Labute approximate surface area is 123 Å². The van der Waals surface area contributed by atoms with Crippen LogP contribution in [0.25, 0.3) is 11.1 Å². The van der Waals surface area contributed by atoms with E-state index >= 15 is 0 Å². The van der Waals surface area contributed by atoms with Crippen LogP contribution in [0.4, 0.5) is 0 Å². The number of hydrogen-bond acceptors (Lipinski definition) is 5. The Morgan fingerprint density at radius 1 is 1.38 bits per heavy atom. The topological polar surface area (TPSA) is 92.2 Å². The summed E-state index contributed by atoms with van der Waals surface area (Å²) in [7, 11) is -3.28. The van der Waals surface area contributed by atoms with Crippen LogP contribution in [-0.4, -0.2) is 30.9 Å². The van der Waals surface area contributed by atoms with Crippen molar-refractivity contribution >= 4 is 20.9 Å². The summed E-state index contributed by atoms with van der Waals surface area (Å²) in [5.41, 5.74) is 1.78. The van der Waals surface area contributed by atoms with E-state index in [1.54, 1.807) is 32.0 Å². The minimum Gasteiger partial charge on any atom is -0.408 e. The largest absolute Gasteiger partial charge is 0.417 e. The summed E-state index contributed by atoms with van der Waals surface area (Å²) in [5.74, 6) is -0.524. The second kappa shape index (κ2) is 5.31. The van der Waals surface area contributed by atoms with Crippen molar-refractivity contribution in [3.05, 3.63) is 34.3 Å². The molecule has 1 atom stereocenters. The monoisotopic (exact) mass is 312 g/mol. The Balaban J connectivity index is 2.57. The molecule has 21 heavy (non-hydrogen) atoms. The Kier molecular flexibility index (Phi) is 3.99. The van der Waals surface area contributed by atoms with E-state index in [9.17, 15) is 13.2 Å². The molecule has 0 aliphatic rings. The molecule has 2 N–H and O–H groups in total. The average molecular weight is 312 g/mol. The Bertz CT molecular complexity index is 802. The molecule has 0 amide bonds. The molecular formula is C14H20N2O4S. The fraction of sp³-hybridized carbons (Fsp3) is 0.500. The summed E-state index contributed by atoms with van der Waals surface area (Å²) in [6.07, 6.45) is 1.23. The molecule has 1 unspecified atom stereocenters. The van der Waals surface area contributed by atoms with E-state index in [-0.39, 0.29) is 0 Å². The second-order valence-corrected chi connectivity index (χ2v) is 8.23. The lowest BCUT2D eigenvalue weighted by Crippen LogP contribution is -2.44. The van der Waals surface area contributed by atoms with Crippen LogP contribution < -0.4 is 11.1 Å². The lowest BCUT2D eigenvalue weighted by Gasteiger charge is -2.33. The predicted octanol–water partition coefficient (Wildman–Crippen LogP) is 1.59.